The van der Waals surface area contributed by atoms with E-state index in [2.05, 4.69) is 74.3 Å². The third-order valence-electron chi connectivity index (χ3n) is 5.11. The standard InChI is InChI=1S/C18H28BrNO2Si/c1-12(2)14-9-13-15(16(19)20-14)21-10-18(13,6)11-22-23(7,8)17(3,4)5/h9H,1,10-11H2,2-8H3/t18-/m1/s1. The van der Waals surface area contributed by atoms with Crippen molar-refractivity contribution in [2.45, 2.75) is 58.2 Å². The Bertz CT molecular complexity index is 637. The molecule has 128 valence electrons. The van der Waals surface area contributed by atoms with Crippen LogP contribution in [0.2, 0.25) is 18.1 Å². The fourth-order valence-corrected chi connectivity index (χ4v) is 3.92. The average Bonchev–Trinajstić information content (AvgIpc) is 2.74. The third kappa shape index (κ3) is 3.56. The van der Waals surface area contributed by atoms with Crippen molar-refractivity contribution in [3.63, 3.8) is 0 Å². The lowest BCUT2D eigenvalue weighted by Gasteiger charge is -2.38. The number of ether oxygens (including phenoxy) is 1. The molecule has 1 aliphatic rings. The molecule has 0 bridgehead atoms. The molecule has 0 amide bonds. The van der Waals surface area contributed by atoms with Crippen molar-refractivity contribution in [3.8, 4) is 5.75 Å². The minimum Gasteiger partial charge on any atom is -0.489 e. The van der Waals surface area contributed by atoms with Gasteiger partial charge in [0, 0.05) is 12.2 Å². The summed E-state index contributed by atoms with van der Waals surface area (Å²) in [6.45, 7) is 20.8. The number of hydrogen-bond acceptors (Lipinski definition) is 3. The molecule has 0 radical (unpaired) electrons. The lowest BCUT2D eigenvalue weighted by molar-refractivity contribution is 0.175. The zero-order chi connectivity index (χ0) is 17.6. The van der Waals surface area contributed by atoms with Crippen LogP contribution in [0.5, 0.6) is 5.75 Å². The molecule has 3 nitrogen and oxygen atoms in total. The smallest absolute Gasteiger partial charge is 0.192 e. The summed E-state index contributed by atoms with van der Waals surface area (Å²) in [7, 11) is -1.79. The van der Waals surface area contributed by atoms with Crippen LogP contribution in [-0.4, -0.2) is 26.5 Å². The monoisotopic (exact) mass is 397 g/mol. The molecule has 2 rings (SSSR count). The van der Waals surface area contributed by atoms with Crippen molar-refractivity contribution in [3.05, 3.63) is 28.5 Å². The van der Waals surface area contributed by atoms with Gasteiger partial charge in [-0.3, -0.25) is 0 Å². The lowest BCUT2D eigenvalue weighted by atomic mass is 9.85. The summed E-state index contributed by atoms with van der Waals surface area (Å²) in [6, 6.07) is 2.10. The van der Waals surface area contributed by atoms with Crippen LogP contribution in [0.15, 0.2) is 17.2 Å². The van der Waals surface area contributed by atoms with Gasteiger partial charge in [-0.05, 0) is 59.5 Å². The Balaban J connectivity index is 2.32. The first kappa shape index (κ1) is 18.7. The van der Waals surface area contributed by atoms with Crippen molar-refractivity contribution in [2.75, 3.05) is 13.2 Å². The predicted octanol–water partition coefficient (Wildman–Crippen LogP) is 5.55. The fraction of sp³-hybridized carbons (Fsp3) is 0.611. The molecule has 2 heterocycles. The van der Waals surface area contributed by atoms with Gasteiger partial charge < -0.3 is 9.16 Å². The van der Waals surface area contributed by atoms with E-state index in [1.807, 2.05) is 6.92 Å². The van der Waals surface area contributed by atoms with Gasteiger partial charge >= 0.3 is 0 Å². The van der Waals surface area contributed by atoms with Gasteiger partial charge in [-0.15, -0.1) is 0 Å². The van der Waals surface area contributed by atoms with Crippen molar-refractivity contribution >= 4 is 29.8 Å². The maximum atomic E-state index is 6.48. The summed E-state index contributed by atoms with van der Waals surface area (Å²) < 4.78 is 13.2. The van der Waals surface area contributed by atoms with E-state index in [-0.39, 0.29) is 10.5 Å². The molecule has 0 saturated carbocycles. The van der Waals surface area contributed by atoms with E-state index < -0.39 is 8.32 Å². The topological polar surface area (TPSA) is 31.4 Å². The minimum absolute atomic E-state index is 0.152. The van der Waals surface area contributed by atoms with E-state index in [4.69, 9.17) is 9.16 Å². The summed E-state index contributed by atoms with van der Waals surface area (Å²) in [5, 5.41) is 0.202. The molecule has 0 fully saturated rings. The van der Waals surface area contributed by atoms with Gasteiger partial charge in [-0.2, -0.15) is 0 Å². The van der Waals surface area contributed by atoms with Gasteiger partial charge in [0.25, 0.3) is 0 Å². The number of hydrogen-bond donors (Lipinski definition) is 0. The molecular formula is C18H28BrNO2Si. The third-order valence-corrected chi connectivity index (χ3v) is 10.1. The second-order valence-corrected chi connectivity index (χ2v) is 13.9. The van der Waals surface area contributed by atoms with Crippen LogP contribution >= 0.6 is 15.9 Å². The quantitative estimate of drug-likeness (QED) is 0.492. The van der Waals surface area contributed by atoms with E-state index >= 15 is 0 Å². The van der Waals surface area contributed by atoms with Crippen LogP contribution in [0.3, 0.4) is 0 Å². The Hall–Kier alpha value is -0.653. The molecule has 1 atom stereocenters. The highest BCUT2D eigenvalue weighted by Crippen LogP contribution is 2.45. The van der Waals surface area contributed by atoms with Gasteiger partial charge in [0.15, 0.2) is 14.1 Å². The Morgan fingerprint density at radius 2 is 2.09 bits per heavy atom. The maximum Gasteiger partial charge on any atom is 0.192 e. The summed E-state index contributed by atoms with van der Waals surface area (Å²) in [5.41, 5.74) is 2.87. The van der Waals surface area contributed by atoms with Gasteiger partial charge in [-0.25, -0.2) is 4.98 Å². The van der Waals surface area contributed by atoms with E-state index in [0.29, 0.717) is 13.2 Å². The van der Waals surface area contributed by atoms with Crippen LogP contribution in [0.25, 0.3) is 5.57 Å². The SMILES string of the molecule is C=C(C)c1cc2c(c(Br)n1)OC[C@]2(C)CO[Si](C)(C)C(C)(C)C. The van der Waals surface area contributed by atoms with Crippen LogP contribution in [0.4, 0.5) is 0 Å². The van der Waals surface area contributed by atoms with Crippen LogP contribution in [0.1, 0.15) is 45.9 Å². The zero-order valence-corrected chi connectivity index (χ0v) is 17.9. The van der Waals surface area contributed by atoms with Gasteiger partial charge in [0.2, 0.25) is 0 Å². The lowest BCUT2D eigenvalue weighted by Crippen LogP contribution is -2.45. The first-order valence-corrected chi connectivity index (χ1v) is 11.7. The Morgan fingerprint density at radius 3 is 2.61 bits per heavy atom. The number of aromatic nitrogens is 1. The Kier molecular flexibility index (Phi) is 4.88. The number of halogens is 1. The zero-order valence-electron chi connectivity index (χ0n) is 15.3. The highest BCUT2D eigenvalue weighted by Gasteiger charge is 2.43. The van der Waals surface area contributed by atoms with E-state index in [1.54, 1.807) is 0 Å². The molecule has 0 unspecified atom stereocenters. The number of rotatable bonds is 4. The predicted molar refractivity (Wildman–Crippen MR) is 103 cm³/mol. The molecule has 1 aromatic rings. The van der Waals surface area contributed by atoms with E-state index in [1.165, 1.54) is 0 Å². The number of nitrogens with zero attached hydrogens (tertiary/aromatic N) is 1. The maximum absolute atomic E-state index is 6.48. The summed E-state index contributed by atoms with van der Waals surface area (Å²) in [4.78, 5) is 4.52. The molecule has 0 aliphatic carbocycles. The van der Waals surface area contributed by atoms with Crippen molar-refractivity contribution < 1.29 is 9.16 Å². The normalized spacial score (nSPS) is 21.0. The number of fused-ring (bicyclic) bond motifs is 1. The second-order valence-electron chi connectivity index (χ2n) is 8.35. The first-order chi connectivity index (χ1) is 10.4. The van der Waals surface area contributed by atoms with Crippen LogP contribution in [0, 0.1) is 0 Å². The Morgan fingerprint density at radius 1 is 1.48 bits per heavy atom. The summed E-state index contributed by atoms with van der Waals surface area (Å²) >= 11 is 3.53. The molecule has 23 heavy (non-hydrogen) atoms. The summed E-state index contributed by atoms with van der Waals surface area (Å²) in [6.07, 6.45) is 0. The van der Waals surface area contributed by atoms with Crippen molar-refractivity contribution in [1.29, 1.82) is 0 Å². The largest absolute Gasteiger partial charge is 0.489 e. The molecule has 1 aliphatic heterocycles. The number of allylic oxidation sites excluding steroid dienone is 1. The molecule has 0 aromatic carbocycles. The highest BCUT2D eigenvalue weighted by molar-refractivity contribution is 9.10. The fourth-order valence-electron chi connectivity index (χ4n) is 2.29. The Labute approximate surface area is 149 Å². The van der Waals surface area contributed by atoms with Crippen LogP contribution < -0.4 is 4.74 Å². The molecule has 5 heteroatoms. The molecule has 1 aromatic heterocycles. The van der Waals surface area contributed by atoms with E-state index in [9.17, 15) is 0 Å². The van der Waals surface area contributed by atoms with Crippen molar-refractivity contribution in [1.82, 2.24) is 4.98 Å². The molecule has 0 N–H and O–H groups in total. The van der Waals surface area contributed by atoms with Crippen molar-refractivity contribution in [2.24, 2.45) is 0 Å². The van der Waals surface area contributed by atoms with Gasteiger partial charge in [-0.1, -0.05) is 27.4 Å². The van der Waals surface area contributed by atoms with E-state index in [0.717, 1.165) is 27.2 Å². The molecule has 0 spiro atoms. The number of pyridine rings is 1. The van der Waals surface area contributed by atoms with Gasteiger partial charge in [0.1, 0.15) is 11.2 Å². The van der Waals surface area contributed by atoms with Crippen LogP contribution in [-0.2, 0) is 9.84 Å². The summed E-state index contributed by atoms with van der Waals surface area (Å²) in [5.74, 6) is 0.844. The average molecular weight is 398 g/mol. The minimum atomic E-state index is -1.79. The first-order valence-electron chi connectivity index (χ1n) is 8.01. The highest BCUT2D eigenvalue weighted by atomic mass is 79.9. The van der Waals surface area contributed by atoms with Gasteiger partial charge in [0.05, 0.1) is 11.1 Å². The molecule has 0 saturated heterocycles. The molecular weight excluding hydrogens is 370 g/mol. The second kappa shape index (κ2) is 6.01.